The molecule has 1 amide bonds. The highest BCUT2D eigenvalue weighted by molar-refractivity contribution is 5.83. The van der Waals surface area contributed by atoms with Crippen LogP contribution in [0.1, 0.15) is 12.8 Å². The summed E-state index contributed by atoms with van der Waals surface area (Å²) in [5, 5.41) is 20.1. The summed E-state index contributed by atoms with van der Waals surface area (Å²) in [5.74, 6) is -0.0183. The van der Waals surface area contributed by atoms with E-state index in [9.17, 15) is 14.9 Å². The highest BCUT2D eigenvalue weighted by Gasteiger charge is 2.39. The summed E-state index contributed by atoms with van der Waals surface area (Å²) in [4.78, 5) is 23.1. The van der Waals surface area contributed by atoms with Crippen LogP contribution in [0.5, 0.6) is 0 Å². The molecule has 24 heavy (non-hydrogen) atoms. The van der Waals surface area contributed by atoms with Crippen molar-refractivity contribution >= 4 is 17.3 Å². The molecule has 0 aliphatic carbocycles. The van der Waals surface area contributed by atoms with Gasteiger partial charge in [0.15, 0.2) is 0 Å². The molecule has 1 aliphatic rings. The first-order valence-corrected chi connectivity index (χ1v) is 8.04. The van der Waals surface area contributed by atoms with Crippen LogP contribution in [-0.4, -0.2) is 50.7 Å². The summed E-state index contributed by atoms with van der Waals surface area (Å²) in [6.45, 7) is 2.80. The van der Waals surface area contributed by atoms with E-state index in [1.165, 1.54) is 6.07 Å². The van der Waals surface area contributed by atoms with E-state index in [2.05, 4.69) is 16.0 Å². The van der Waals surface area contributed by atoms with Gasteiger partial charge in [0.1, 0.15) is 5.69 Å². The molecule has 3 N–H and O–H groups in total. The van der Waals surface area contributed by atoms with Crippen molar-refractivity contribution in [3.63, 3.8) is 0 Å². The quantitative estimate of drug-likeness (QED) is 0.373. The first-order chi connectivity index (χ1) is 11.6. The van der Waals surface area contributed by atoms with Gasteiger partial charge in [0.05, 0.1) is 16.9 Å². The summed E-state index contributed by atoms with van der Waals surface area (Å²) < 4.78 is 5.24. The number of carbonyl (C=O) groups excluding carboxylic acids is 1. The number of hydrogen-bond acceptors (Lipinski definition) is 6. The molecule has 1 saturated heterocycles. The van der Waals surface area contributed by atoms with Gasteiger partial charge in [-0.25, -0.2) is 0 Å². The molecule has 0 saturated carbocycles. The third-order valence-electron chi connectivity index (χ3n) is 4.29. The van der Waals surface area contributed by atoms with E-state index in [1.807, 2.05) is 0 Å². The lowest BCUT2D eigenvalue weighted by molar-refractivity contribution is -0.384. The zero-order chi connectivity index (χ0) is 17.4. The van der Waals surface area contributed by atoms with Crippen LogP contribution in [0.4, 0.5) is 11.4 Å². The number of rotatable bonds is 8. The predicted molar refractivity (Wildman–Crippen MR) is 91.0 cm³/mol. The Morgan fingerprint density at radius 1 is 1.33 bits per heavy atom. The largest absolute Gasteiger partial charge is 0.384 e. The number of nitro groups is 1. The number of nitrogens with one attached hydrogen (secondary N) is 3. The number of piperidine rings is 1. The molecule has 2 rings (SSSR count). The zero-order valence-electron chi connectivity index (χ0n) is 13.8. The van der Waals surface area contributed by atoms with Crippen LogP contribution >= 0.6 is 0 Å². The molecule has 132 valence electrons. The van der Waals surface area contributed by atoms with Crippen LogP contribution in [0.25, 0.3) is 0 Å². The van der Waals surface area contributed by atoms with E-state index >= 15 is 0 Å². The third-order valence-corrected chi connectivity index (χ3v) is 4.29. The number of amides is 1. The minimum Gasteiger partial charge on any atom is -0.384 e. The van der Waals surface area contributed by atoms with Gasteiger partial charge in [0.25, 0.3) is 5.69 Å². The van der Waals surface area contributed by atoms with E-state index in [-0.39, 0.29) is 11.6 Å². The highest BCUT2D eigenvalue weighted by atomic mass is 16.6. The Hall–Kier alpha value is -2.19. The second-order valence-electron chi connectivity index (χ2n) is 5.92. The zero-order valence-corrected chi connectivity index (χ0v) is 13.8. The van der Waals surface area contributed by atoms with Crippen LogP contribution < -0.4 is 16.0 Å². The molecule has 0 unspecified atom stereocenters. The Labute approximate surface area is 141 Å². The molecule has 1 aromatic rings. The van der Waals surface area contributed by atoms with Crippen molar-refractivity contribution in [1.29, 1.82) is 0 Å². The molecule has 0 bridgehead atoms. The van der Waals surface area contributed by atoms with Gasteiger partial charge in [-0.2, -0.15) is 0 Å². The molecule has 8 heteroatoms. The van der Waals surface area contributed by atoms with E-state index in [0.717, 1.165) is 25.9 Å². The second kappa shape index (κ2) is 8.60. The lowest BCUT2D eigenvalue weighted by Crippen LogP contribution is -2.50. The maximum absolute atomic E-state index is 12.5. The van der Waals surface area contributed by atoms with Gasteiger partial charge >= 0.3 is 0 Å². The maximum atomic E-state index is 12.5. The molecule has 0 atom stereocenters. The van der Waals surface area contributed by atoms with Gasteiger partial charge in [0.2, 0.25) is 5.91 Å². The van der Waals surface area contributed by atoms with Crippen LogP contribution in [0.15, 0.2) is 24.3 Å². The Balaban J connectivity index is 1.85. The molecule has 1 aromatic carbocycles. The molecular weight excluding hydrogens is 312 g/mol. The molecule has 1 heterocycles. The van der Waals surface area contributed by atoms with Crippen molar-refractivity contribution in [2.45, 2.75) is 12.8 Å². The minimum atomic E-state index is -0.487. The summed E-state index contributed by atoms with van der Waals surface area (Å²) in [7, 11) is 1.60. The van der Waals surface area contributed by atoms with Gasteiger partial charge in [-0.3, -0.25) is 14.9 Å². The van der Waals surface area contributed by atoms with Gasteiger partial charge < -0.3 is 20.7 Å². The van der Waals surface area contributed by atoms with Crippen molar-refractivity contribution in [1.82, 2.24) is 10.6 Å². The predicted octanol–water partition coefficient (Wildman–Crippen LogP) is 1.14. The number of anilines is 1. The van der Waals surface area contributed by atoms with Crippen molar-refractivity contribution in [3.8, 4) is 0 Å². The van der Waals surface area contributed by atoms with Gasteiger partial charge in [-0.15, -0.1) is 0 Å². The molecular formula is C16H24N4O4. The molecule has 0 aromatic heterocycles. The van der Waals surface area contributed by atoms with Crippen LogP contribution in [-0.2, 0) is 9.53 Å². The Morgan fingerprint density at radius 2 is 2.04 bits per heavy atom. The van der Waals surface area contributed by atoms with Crippen LogP contribution in [0.2, 0.25) is 0 Å². The normalized spacial score (nSPS) is 16.4. The monoisotopic (exact) mass is 336 g/mol. The minimum absolute atomic E-state index is 0.0183. The van der Waals surface area contributed by atoms with Crippen molar-refractivity contribution in [3.05, 3.63) is 34.4 Å². The first kappa shape index (κ1) is 18.2. The summed E-state index contributed by atoms with van der Waals surface area (Å²) >= 11 is 0. The average molecular weight is 336 g/mol. The molecule has 8 nitrogen and oxygen atoms in total. The number of hydrogen-bond donors (Lipinski definition) is 3. The van der Waals surface area contributed by atoms with E-state index in [4.69, 9.17) is 4.74 Å². The van der Waals surface area contributed by atoms with Gasteiger partial charge in [-0.05, 0) is 32.0 Å². The fraction of sp³-hybridized carbons (Fsp3) is 0.562. The van der Waals surface area contributed by atoms with Crippen LogP contribution in [0, 0.1) is 15.5 Å². The van der Waals surface area contributed by atoms with E-state index < -0.39 is 10.3 Å². The molecule has 0 spiro atoms. The lowest BCUT2D eigenvalue weighted by atomic mass is 9.78. The Bertz CT molecular complexity index is 567. The topological polar surface area (TPSA) is 106 Å². The number of methoxy groups -OCH3 is 1. The first-order valence-electron chi connectivity index (χ1n) is 8.04. The molecule has 1 aliphatic heterocycles. The van der Waals surface area contributed by atoms with E-state index in [0.29, 0.717) is 25.4 Å². The highest BCUT2D eigenvalue weighted by Crippen LogP contribution is 2.29. The lowest BCUT2D eigenvalue weighted by Gasteiger charge is -2.35. The Morgan fingerprint density at radius 3 is 2.71 bits per heavy atom. The van der Waals surface area contributed by atoms with Gasteiger partial charge in [0, 0.05) is 26.3 Å². The number of carbonyl (C=O) groups is 1. The molecule has 1 fully saturated rings. The van der Waals surface area contributed by atoms with Gasteiger partial charge in [-0.1, -0.05) is 12.1 Å². The summed E-state index contributed by atoms with van der Waals surface area (Å²) in [6, 6.07) is 6.45. The van der Waals surface area contributed by atoms with Crippen molar-refractivity contribution in [2.75, 3.05) is 45.2 Å². The number of benzene rings is 1. The Kier molecular flexibility index (Phi) is 6.51. The fourth-order valence-electron chi connectivity index (χ4n) is 2.96. The number of nitrogens with zero attached hydrogens (tertiary/aromatic N) is 1. The number of nitro benzene ring substituents is 1. The SMILES string of the molecule is COCC1(C(=O)NCCNc2ccccc2[N+](=O)[O-])CCNCC1. The summed E-state index contributed by atoms with van der Waals surface area (Å²) in [6.07, 6.45) is 1.48. The fourth-order valence-corrected chi connectivity index (χ4v) is 2.96. The third kappa shape index (κ3) is 4.42. The van der Waals surface area contributed by atoms with Crippen molar-refractivity contribution < 1.29 is 14.5 Å². The number of para-hydroxylation sites is 2. The summed E-state index contributed by atoms with van der Waals surface area (Å²) in [5.41, 5.74) is -0.0121. The van der Waals surface area contributed by atoms with E-state index in [1.54, 1.807) is 25.3 Å². The smallest absolute Gasteiger partial charge is 0.292 e. The average Bonchev–Trinajstić information content (AvgIpc) is 2.59. The number of ether oxygens (including phenoxy) is 1. The maximum Gasteiger partial charge on any atom is 0.292 e. The second-order valence-corrected chi connectivity index (χ2v) is 5.92. The van der Waals surface area contributed by atoms with Crippen LogP contribution in [0.3, 0.4) is 0 Å². The molecule has 0 radical (unpaired) electrons. The standard InChI is InChI=1S/C16H24N4O4/c1-24-12-16(6-8-17-9-7-16)15(21)19-11-10-18-13-4-2-3-5-14(13)20(22)23/h2-5,17-18H,6-12H2,1H3,(H,19,21). The van der Waals surface area contributed by atoms with Crippen molar-refractivity contribution in [2.24, 2.45) is 5.41 Å².